The van der Waals surface area contributed by atoms with Gasteiger partial charge in [-0.3, -0.25) is 4.79 Å². The number of rotatable bonds is 7. The molecule has 8 heteroatoms. The molecular formula is C23H18BrClN2O4. The van der Waals surface area contributed by atoms with Gasteiger partial charge in [-0.05, 0) is 61.0 Å². The molecule has 0 radical (unpaired) electrons. The summed E-state index contributed by atoms with van der Waals surface area (Å²) in [5, 5.41) is 4.51. The van der Waals surface area contributed by atoms with Gasteiger partial charge in [-0.1, -0.05) is 45.7 Å². The van der Waals surface area contributed by atoms with Crippen LogP contribution in [-0.2, 0) is 4.79 Å². The molecule has 0 aliphatic heterocycles. The van der Waals surface area contributed by atoms with Crippen LogP contribution in [0.25, 0.3) is 0 Å². The minimum Gasteiger partial charge on any atom is -0.484 e. The van der Waals surface area contributed by atoms with Crippen LogP contribution in [0.4, 0.5) is 0 Å². The second-order valence-electron chi connectivity index (χ2n) is 6.42. The highest BCUT2D eigenvalue weighted by atomic mass is 79.9. The smallest absolute Gasteiger partial charge is 0.343 e. The second kappa shape index (κ2) is 10.7. The molecule has 0 aromatic heterocycles. The Morgan fingerprint density at radius 1 is 1.10 bits per heavy atom. The minimum absolute atomic E-state index is 0.216. The van der Waals surface area contributed by atoms with Crippen LogP contribution >= 0.6 is 27.5 Å². The molecule has 0 aliphatic rings. The average Bonchev–Trinajstić information content (AvgIpc) is 2.75. The molecule has 0 aliphatic carbocycles. The fourth-order valence-corrected chi connectivity index (χ4v) is 3.06. The first-order chi connectivity index (χ1) is 14.9. The summed E-state index contributed by atoms with van der Waals surface area (Å²) < 4.78 is 11.7. The minimum atomic E-state index is -0.476. The lowest BCUT2D eigenvalue weighted by Crippen LogP contribution is -2.24. The van der Waals surface area contributed by atoms with Gasteiger partial charge in [0.05, 0.1) is 11.8 Å². The van der Waals surface area contributed by atoms with Crippen LogP contribution in [-0.4, -0.2) is 24.7 Å². The Balaban J connectivity index is 1.62. The van der Waals surface area contributed by atoms with E-state index in [-0.39, 0.29) is 6.61 Å². The van der Waals surface area contributed by atoms with Gasteiger partial charge in [-0.2, -0.15) is 5.10 Å². The number of benzene rings is 3. The van der Waals surface area contributed by atoms with E-state index in [4.69, 9.17) is 21.1 Å². The third kappa shape index (κ3) is 6.67. The Kier molecular flexibility index (Phi) is 7.81. The zero-order valence-electron chi connectivity index (χ0n) is 16.5. The number of ether oxygens (including phenoxy) is 2. The van der Waals surface area contributed by atoms with Gasteiger partial charge in [0.25, 0.3) is 5.91 Å². The van der Waals surface area contributed by atoms with Gasteiger partial charge in [0.15, 0.2) is 6.61 Å². The number of esters is 1. The first-order valence-electron chi connectivity index (χ1n) is 9.20. The molecule has 0 heterocycles. The molecule has 3 rings (SSSR count). The fourth-order valence-electron chi connectivity index (χ4n) is 2.56. The summed E-state index contributed by atoms with van der Waals surface area (Å²) in [5.74, 6) is -0.0945. The summed E-state index contributed by atoms with van der Waals surface area (Å²) in [5.41, 5.74) is 4.17. The van der Waals surface area contributed by atoms with Crippen LogP contribution in [0.5, 0.6) is 11.5 Å². The van der Waals surface area contributed by atoms with Gasteiger partial charge in [0.2, 0.25) is 0 Å². The molecule has 0 saturated carbocycles. The summed E-state index contributed by atoms with van der Waals surface area (Å²) in [6.07, 6.45) is 1.39. The van der Waals surface area contributed by atoms with Crippen molar-refractivity contribution in [3.05, 3.63) is 92.9 Å². The second-order valence-corrected chi connectivity index (χ2v) is 7.77. The van der Waals surface area contributed by atoms with Crippen molar-refractivity contribution in [1.29, 1.82) is 0 Å². The van der Waals surface area contributed by atoms with Crippen molar-refractivity contribution in [2.24, 2.45) is 5.10 Å². The van der Waals surface area contributed by atoms with Crippen LogP contribution in [0, 0.1) is 6.92 Å². The Hall–Kier alpha value is -3.16. The van der Waals surface area contributed by atoms with E-state index in [2.05, 4.69) is 26.5 Å². The van der Waals surface area contributed by atoms with E-state index in [1.807, 2.05) is 19.1 Å². The number of carbonyl (C=O) groups is 2. The van der Waals surface area contributed by atoms with E-state index in [0.717, 1.165) is 10.0 Å². The molecule has 158 valence electrons. The van der Waals surface area contributed by atoms with Crippen molar-refractivity contribution in [1.82, 2.24) is 5.43 Å². The highest BCUT2D eigenvalue weighted by Gasteiger charge is 2.13. The van der Waals surface area contributed by atoms with Crippen LogP contribution in [0.3, 0.4) is 0 Å². The van der Waals surface area contributed by atoms with E-state index >= 15 is 0 Å². The highest BCUT2D eigenvalue weighted by Crippen LogP contribution is 2.23. The Bertz CT molecular complexity index is 1120. The molecule has 0 fully saturated rings. The maximum Gasteiger partial charge on any atom is 0.343 e. The monoisotopic (exact) mass is 500 g/mol. The number of amides is 1. The van der Waals surface area contributed by atoms with E-state index in [1.165, 1.54) is 6.21 Å². The number of hydrogen-bond donors (Lipinski definition) is 1. The van der Waals surface area contributed by atoms with E-state index in [9.17, 15) is 9.59 Å². The summed E-state index contributed by atoms with van der Waals surface area (Å²) in [4.78, 5) is 24.5. The molecule has 1 amide bonds. The van der Waals surface area contributed by atoms with Gasteiger partial charge in [0.1, 0.15) is 11.5 Å². The standard InChI is InChI=1S/C23H18BrClN2O4/c1-15-4-2-3-5-20(15)23(29)31-21-11-6-17(24)12-16(21)13-26-27-22(28)14-30-19-9-7-18(25)8-10-19/h2-13H,14H2,1H3,(H,27,28)/b26-13+. The largest absolute Gasteiger partial charge is 0.484 e. The molecular weight excluding hydrogens is 484 g/mol. The fraction of sp³-hybridized carbons (Fsp3) is 0.0870. The maximum atomic E-state index is 12.5. The van der Waals surface area contributed by atoms with Crippen molar-refractivity contribution in [2.75, 3.05) is 6.61 Å². The number of hydrogen-bond acceptors (Lipinski definition) is 5. The summed E-state index contributed by atoms with van der Waals surface area (Å²) in [7, 11) is 0. The summed E-state index contributed by atoms with van der Waals surface area (Å²) in [6.45, 7) is 1.62. The molecule has 3 aromatic rings. The number of halogens is 2. The molecule has 0 spiro atoms. The number of nitrogens with zero attached hydrogens (tertiary/aromatic N) is 1. The lowest BCUT2D eigenvalue weighted by atomic mass is 10.1. The maximum absolute atomic E-state index is 12.5. The van der Waals surface area contributed by atoms with Crippen molar-refractivity contribution >= 4 is 45.6 Å². The van der Waals surface area contributed by atoms with Crippen LogP contribution in [0.1, 0.15) is 21.5 Å². The van der Waals surface area contributed by atoms with Gasteiger partial charge >= 0.3 is 5.97 Å². The molecule has 0 saturated heterocycles. The predicted octanol–water partition coefficient (Wildman–Crippen LogP) is 5.16. The molecule has 1 N–H and O–H groups in total. The van der Waals surface area contributed by atoms with Crippen molar-refractivity contribution in [3.8, 4) is 11.5 Å². The van der Waals surface area contributed by atoms with Crippen LogP contribution < -0.4 is 14.9 Å². The third-order valence-electron chi connectivity index (χ3n) is 4.12. The Labute approximate surface area is 193 Å². The SMILES string of the molecule is Cc1ccccc1C(=O)Oc1ccc(Br)cc1/C=N/NC(=O)COc1ccc(Cl)cc1. The van der Waals surface area contributed by atoms with Crippen molar-refractivity contribution in [2.45, 2.75) is 6.92 Å². The summed E-state index contributed by atoms with van der Waals surface area (Å²) >= 11 is 9.19. The molecule has 0 unspecified atom stereocenters. The van der Waals surface area contributed by atoms with Crippen LogP contribution in [0.2, 0.25) is 5.02 Å². The Morgan fingerprint density at radius 2 is 1.84 bits per heavy atom. The Morgan fingerprint density at radius 3 is 2.58 bits per heavy atom. The van der Waals surface area contributed by atoms with Crippen molar-refractivity contribution < 1.29 is 19.1 Å². The summed E-state index contributed by atoms with van der Waals surface area (Å²) in [6, 6.07) is 18.9. The number of nitrogens with one attached hydrogen (secondary N) is 1. The van der Waals surface area contributed by atoms with Gasteiger partial charge < -0.3 is 9.47 Å². The molecule has 0 bridgehead atoms. The first-order valence-corrected chi connectivity index (χ1v) is 10.4. The molecule has 6 nitrogen and oxygen atoms in total. The normalized spacial score (nSPS) is 10.7. The van der Waals surface area contributed by atoms with Crippen LogP contribution in [0.15, 0.2) is 76.3 Å². The molecule has 3 aromatic carbocycles. The molecule has 0 atom stereocenters. The van der Waals surface area contributed by atoms with Crippen molar-refractivity contribution in [3.63, 3.8) is 0 Å². The number of aryl methyl sites for hydroxylation is 1. The average molecular weight is 502 g/mol. The topological polar surface area (TPSA) is 77.0 Å². The van der Waals surface area contributed by atoms with Gasteiger partial charge in [0, 0.05) is 15.1 Å². The lowest BCUT2D eigenvalue weighted by Gasteiger charge is -2.09. The predicted molar refractivity (Wildman–Crippen MR) is 123 cm³/mol. The lowest BCUT2D eigenvalue weighted by molar-refractivity contribution is -0.123. The van der Waals surface area contributed by atoms with E-state index in [0.29, 0.717) is 27.6 Å². The number of carbonyl (C=O) groups excluding carboxylic acids is 2. The first kappa shape index (κ1) is 22.5. The zero-order chi connectivity index (χ0) is 22.2. The zero-order valence-corrected chi connectivity index (χ0v) is 18.8. The van der Waals surface area contributed by atoms with E-state index < -0.39 is 11.9 Å². The quantitative estimate of drug-likeness (QED) is 0.210. The van der Waals surface area contributed by atoms with E-state index in [1.54, 1.807) is 54.6 Å². The number of hydrazone groups is 1. The third-order valence-corrected chi connectivity index (χ3v) is 4.86. The van der Waals surface area contributed by atoms with Gasteiger partial charge in [-0.15, -0.1) is 0 Å². The van der Waals surface area contributed by atoms with Gasteiger partial charge in [-0.25, -0.2) is 10.2 Å². The molecule has 31 heavy (non-hydrogen) atoms. The highest BCUT2D eigenvalue weighted by molar-refractivity contribution is 9.10.